The number of benzene rings is 3. The third kappa shape index (κ3) is 6.68. The zero-order valence-electron chi connectivity index (χ0n) is 18.2. The third-order valence-electron chi connectivity index (χ3n) is 4.93. The van der Waals surface area contributed by atoms with Crippen LogP contribution in [0.3, 0.4) is 0 Å². The molecule has 34 heavy (non-hydrogen) atoms. The van der Waals surface area contributed by atoms with Gasteiger partial charge in [-0.15, -0.1) is 0 Å². The summed E-state index contributed by atoms with van der Waals surface area (Å²) in [7, 11) is 0. The summed E-state index contributed by atoms with van der Waals surface area (Å²) in [6, 6.07) is 24.7. The first-order chi connectivity index (χ1) is 16.5. The molecule has 0 unspecified atom stereocenters. The second-order valence-electron chi connectivity index (χ2n) is 7.54. The van der Waals surface area contributed by atoms with E-state index in [-0.39, 0.29) is 12.5 Å². The van der Waals surface area contributed by atoms with Crippen LogP contribution in [-0.2, 0) is 25.8 Å². The molecule has 0 radical (unpaired) electrons. The monoisotopic (exact) mass is 464 g/mol. The molecule has 0 bridgehead atoms. The molecule has 0 saturated heterocycles. The lowest BCUT2D eigenvalue weighted by molar-refractivity contribution is -0.137. The van der Waals surface area contributed by atoms with Crippen LogP contribution in [-0.4, -0.2) is 15.0 Å². The number of hydrogen-bond acceptors (Lipinski definition) is 6. The van der Waals surface area contributed by atoms with Crippen LogP contribution >= 0.6 is 0 Å². The number of hydrogen-bond donors (Lipinski definition) is 3. The summed E-state index contributed by atoms with van der Waals surface area (Å²) in [6.07, 6.45) is -4.40. The Hall–Kier alpha value is -4.14. The maximum absolute atomic E-state index is 13.0. The zero-order chi connectivity index (χ0) is 23.8. The Balaban J connectivity index is 1.50. The lowest BCUT2D eigenvalue weighted by atomic mass is 10.1. The van der Waals surface area contributed by atoms with Gasteiger partial charge in [0.05, 0.1) is 5.56 Å². The van der Waals surface area contributed by atoms with Gasteiger partial charge in [-0.1, -0.05) is 72.8 Å². The first-order valence-corrected chi connectivity index (χ1v) is 10.7. The van der Waals surface area contributed by atoms with E-state index in [0.29, 0.717) is 30.5 Å². The van der Waals surface area contributed by atoms with Gasteiger partial charge in [-0.3, -0.25) is 0 Å². The number of aromatic nitrogens is 3. The highest BCUT2D eigenvalue weighted by Crippen LogP contribution is 2.29. The summed E-state index contributed by atoms with van der Waals surface area (Å²) in [6.45, 7) is 1.15. The topological polar surface area (TPSA) is 74.8 Å². The Morgan fingerprint density at radius 2 is 0.941 bits per heavy atom. The molecule has 0 fully saturated rings. The molecule has 174 valence electrons. The van der Waals surface area contributed by atoms with E-state index >= 15 is 0 Å². The van der Waals surface area contributed by atoms with Gasteiger partial charge in [-0.25, -0.2) is 0 Å². The number of halogens is 3. The fourth-order valence-corrected chi connectivity index (χ4v) is 3.21. The van der Waals surface area contributed by atoms with E-state index in [1.165, 1.54) is 6.07 Å². The van der Waals surface area contributed by atoms with Crippen molar-refractivity contribution in [2.75, 3.05) is 16.0 Å². The summed E-state index contributed by atoms with van der Waals surface area (Å²) in [5.41, 5.74) is 1.88. The number of nitrogens with one attached hydrogen (secondary N) is 3. The highest BCUT2D eigenvalue weighted by Gasteiger charge is 2.30. The fourth-order valence-electron chi connectivity index (χ4n) is 3.21. The predicted octanol–water partition coefficient (Wildman–Crippen LogP) is 5.73. The Kier molecular flexibility index (Phi) is 7.22. The van der Waals surface area contributed by atoms with Crippen molar-refractivity contribution in [1.82, 2.24) is 15.0 Å². The van der Waals surface area contributed by atoms with Crippen molar-refractivity contribution in [2.45, 2.75) is 25.8 Å². The molecule has 6 nitrogen and oxygen atoms in total. The van der Waals surface area contributed by atoms with E-state index in [2.05, 4.69) is 30.9 Å². The minimum absolute atomic E-state index is 0.129. The van der Waals surface area contributed by atoms with Gasteiger partial charge in [-0.05, 0) is 28.8 Å². The molecule has 3 N–H and O–H groups in total. The third-order valence-corrected chi connectivity index (χ3v) is 4.93. The van der Waals surface area contributed by atoms with Crippen LogP contribution in [0.15, 0.2) is 84.9 Å². The van der Waals surface area contributed by atoms with Crippen molar-refractivity contribution in [3.05, 3.63) is 107 Å². The van der Waals surface area contributed by atoms with Crippen LogP contribution in [0, 0.1) is 0 Å². The molecule has 4 rings (SSSR count). The largest absolute Gasteiger partial charge is 0.416 e. The van der Waals surface area contributed by atoms with Gasteiger partial charge in [0.15, 0.2) is 0 Å². The first kappa shape index (κ1) is 23.0. The molecule has 0 aliphatic heterocycles. The van der Waals surface area contributed by atoms with Gasteiger partial charge in [0.1, 0.15) is 0 Å². The molecule has 0 atom stereocenters. The molecule has 1 aromatic heterocycles. The normalized spacial score (nSPS) is 11.1. The van der Waals surface area contributed by atoms with Crippen molar-refractivity contribution >= 4 is 17.8 Å². The minimum Gasteiger partial charge on any atom is -0.350 e. The molecule has 0 spiro atoms. The van der Waals surface area contributed by atoms with Crippen LogP contribution in [0.1, 0.15) is 22.3 Å². The Morgan fingerprint density at radius 1 is 0.529 bits per heavy atom. The lowest BCUT2D eigenvalue weighted by Gasteiger charge is -2.12. The van der Waals surface area contributed by atoms with Crippen molar-refractivity contribution in [3.8, 4) is 0 Å². The Labute approximate surface area is 195 Å². The molecule has 0 saturated carbocycles. The van der Waals surface area contributed by atoms with E-state index < -0.39 is 11.7 Å². The van der Waals surface area contributed by atoms with E-state index in [1.807, 2.05) is 60.7 Å². The zero-order valence-corrected chi connectivity index (χ0v) is 18.2. The van der Waals surface area contributed by atoms with Crippen molar-refractivity contribution < 1.29 is 13.2 Å². The molecule has 0 amide bonds. The number of nitrogens with zero attached hydrogens (tertiary/aromatic N) is 3. The Bertz CT molecular complexity index is 1140. The van der Waals surface area contributed by atoms with Crippen LogP contribution in [0.25, 0.3) is 0 Å². The van der Waals surface area contributed by atoms with E-state index in [1.54, 1.807) is 6.07 Å². The van der Waals surface area contributed by atoms with Crippen molar-refractivity contribution in [2.24, 2.45) is 0 Å². The SMILES string of the molecule is FC(F)(F)c1cccc(CNc2nc(NCc3ccccc3)nc(NCc3ccccc3)n2)c1. The smallest absolute Gasteiger partial charge is 0.350 e. The number of rotatable bonds is 9. The summed E-state index contributed by atoms with van der Waals surface area (Å²) in [5.74, 6) is 0.945. The Morgan fingerprint density at radius 3 is 1.38 bits per heavy atom. The molecule has 3 aromatic carbocycles. The van der Waals surface area contributed by atoms with E-state index in [4.69, 9.17) is 0 Å². The van der Waals surface area contributed by atoms with Gasteiger partial charge in [0.2, 0.25) is 17.8 Å². The molecule has 9 heteroatoms. The average molecular weight is 464 g/mol. The van der Waals surface area contributed by atoms with Crippen molar-refractivity contribution in [1.29, 1.82) is 0 Å². The lowest BCUT2D eigenvalue weighted by Crippen LogP contribution is -2.13. The van der Waals surface area contributed by atoms with Gasteiger partial charge in [-0.2, -0.15) is 28.1 Å². The second-order valence-corrected chi connectivity index (χ2v) is 7.54. The average Bonchev–Trinajstić information content (AvgIpc) is 2.86. The highest BCUT2D eigenvalue weighted by atomic mass is 19.4. The van der Waals surface area contributed by atoms with E-state index in [9.17, 15) is 13.2 Å². The van der Waals surface area contributed by atoms with Crippen LogP contribution in [0.2, 0.25) is 0 Å². The number of alkyl halides is 3. The molecule has 1 heterocycles. The van der Waals surface area contributed by atoms with Gasteiger partial charge in [0, 0.05) is 19.6 Å². The predicted molar refractivity (Wildman–Crippen MR) is 126 cm³/mol. The quantitative estimate of drug-likeness (QED) is 0.294. The summed E-state index contributed by atoms with van der Waals surface area (Å²) < 4.78 is 39.0. The first-order valence-electron chi connectivity index (χ1n) is 10.7. The fraction of sp³-hybridized carbons (Fsp3) is 0.160. The van der Waals surface area contributed by atoms with Crippen LogP contribution < -0.4 is 16.0 Å². The van der Waals surface area contributed by atoms with Crippen molar-refractivity contribution in [3.63, 3.8) is 0 Å². The second kappa shape index (κ2) is 10.7. The minimum atomic E-state index is -4.40. The molecule has 0 aliphatic rings. The highest BCUT2D eigenvalue weighted by molar-refractivity contribution is 5.43. The summed E-state index contributed by atoms with van der Waals surface area (Å²) >= 11 is 0. The van der Waals surface area contributed by atoms with Crippen LogP contribution in [0.4, 0.5) is 31.0 Å². The summed E-state index contributed by atoms with van der Waals surface area (Å²) in [4.78, 5) is 13.2. The van der Waals surface area contributed by atoms with Gasteiger partial charge >= 0.3 is 6.18 Å². The van der Waals surface area contributed by atoms with Gasteiger partial charge in [0.25, 0.3) is 0 Å². The maximum Gasteiger partial charge on any atom is 0.416 e. The molecular formula is C25H23F3N6. The van der Waals surface area contributed by atoms with Gasteiger partial charge < -0.3 is 16.0 Å². The standard InChI is InChI=1S/C25H23F3N6/c26-25(27,28)21-13-7-12-20(14-21)17-31-24-33-22(29-15-18-8-3-1-4-9-18)32-23(34-24)30-16-19-10-5-2-6-11-19/h1-14H,15-17H2,(H3,29,30,31,32,33,34). The molecular weight excluding hydrogens is 441 g/mol. The van der Waals surface area contributed by atoms with E-state index in [0.717, 1.165) is 23.3 Å². The molecule has 4 aromatic rings. The van der Waals surface area contributed by atoms with Crippen LogP contribution in [0.5, 0.6) is 0 Å². The maximum atomic E-state index is 13.0. The molecule has 0 aliphatic carbocycles. The summed E-state index contributed by atoms with van der Waals surface area (Å²) in [5, 5.41) is 9.36. The number of anilines is 3.